The molecule has 0 aliphatic carbocycles. The van der Waals surface area contributed by atoms with Crippen LogP contribution in [-0.2, 0) is 14.3 Å². The maximum absolute atomic E-state index is 11.9. The first-order valence-corrected chi connectivity index (χ1v) is 5.48. The molecule has 1 aromatic heterocycles. The van der Waals surface area contributed by atoms with E-state index >= 15 is 0 Å². The fraction of sp³-hybridized carbons (Fsp3) is 0.231. The number of nitrogens with zero attached hydrogens (tertiary/aromatic N) is 1. The largest absolute Gasteiger partial charge is 0.466 e. The molecule has 1 aromatic carbocycles. The van der Waals surface area contributed by atoms with Gasteiger partial charge in [0.25, 0.3) is 0 Å². The smallest absolute Gasteiger partial charge is 0.419 e. The van der Waals surface area contributed by atoms with Gasteiger partial charge in [0.15, 0.2) is 6.10 Å². The summed E-state index contributed by atoms with van der Waals surface area (Å²) in [7, 11) is 1.25. The van der Waals surface area contributed by atoms with Crippen molar-refractivity contribution in [1.29, 1.82) is 0 Å². The average molecular weight is 247 g/mol. The Morgan fingerprint density at radius 3 is 2.67 bits per heavy atom. The Morgan fingerprint density at radius 2 is 1.94 bits per heavy atom. The minimum absolute atomic E-state index is 0.584. The van der Waals surface area contributed by atoms with Crippen LogP contribution in [0.3, 0.4) is 0 Å². The SMILES string of the molecule is COC(=O)C(C)OC(=O)n1ccc2ccccc21. The second kappa shape index (κ2) is 4.91. The molecule has 18 heavy (non-hydrogen) atoms. The number of carbonyl (C=O) groups is 2. The molecule has 0 saturated heterocycles. The lowest BCUT2D eigenvalue weighted by Gasteiger charge is -2.11. The number of aromatic nitrogens is 1. The van der Waals surface area contributed by atoms with Crippen LogP contribution in [0.5, 0.6) is 0 Å². The third-order valence-corrected chi connectivity index (χ3v) is 2.61. The third kappa shape index (κ3) is 2.20. The predicted molar refractivity (Wildman–Crippen MR) is 65.3 cm³/mol. The lowest BCUT2D eigenvalue weighted by molar-refractivity contribution is -0.149. The second-order valence-corrected chi connectivity index (χ2v) is 3.79. The van der Waals surface area contributed by atoms with Gasteiger partial charge in [-0.1, -0.05) is 18.2 Å². The van der Waals surface area contributed by atoms with Crippen molar-refractivity contribution in [2.75, 3.05) is 7.11 Å². The van der Waals surface area contributed by atoms with Gasteiger partial charge < -0.3 is 9.47 Å². The van der Waals surface area contributed by atoms with Gasteiger partial charge in [-0.2, -0.15) is 0 Å². The lowest BCUT2D eigenvalue weighted by Crippen LogP contribution is -2.27. The van der Waals surface area contributed by atoms with E-state index in [0.717, 1.165) is 10.9 Å². The molecular weight excluding hydrogens is 234 g/mol. The highest BCUT2D eigenvalue weighted by atomic mass is 16.6. The number of ether oxygens (including phenoxy) is 2. The number of methoxy groups -OCH3 is 1. The first-order valence-electron chi connectivity index (χ1n) is 5.48. The fourth-order valence-electron chi connectivity index (χ4n) is 1.66. The van der Waals surface area contributed by atoms with Crippen LogP contribution in [-0.4, -0.2) is 29.8 Å². The van der Waals surface area contributed by atoms with Crippen LogP contribution in [0.2, 0.25) is 0 Å². The van der Waals surface area contributed by atoms with Crippen LogP contribution in [0.25, 0.3) is 10.9 Å². The van der Waals surface area contributed by atoms with Crippen LogP contribution in [0.1, 0.15) is 6.92 Å². The van der Waals surface area contributed by atoms with Gasteiger partial charge in [0.05, 0.1) is 12.6 Å². The number of fused-ring (bicyclic) bond motifs is 1. The highest BCUT2D eigenvalue weighted by molar-refractivity contribution is 5.90. The van der Waals surface area contributed by atoms with Crippen LogP contribution >= 0.6 is 0 Å². The Morgan fingerprint density at radius 1 is 1.22 bits per heavy atom. The fourth-order valence-corrected chi connectivity index (χ4v) is 1.66. The molecule has 2 rings (SSSR count). The summed E-state index contributed by atoms with van der Waals surface area (Å²) in [5.74, 6) is -0.584. The van der Waals surface area contributed by atoms with Gasteiger partial charge in [0.2, 0.25) is 0 Å². The summed E-state index contributed by atoms with van der Waals surface area (Å²) in [5.41, 5.74) is 0.736. The van der Waals surface area contributed by atoms with Crippen LogP contribution in [0.15, 0.2) is 36.5 Å². The van der Waals surface area contributed by atoms with Crippen molar-refractivity contribution in [3.63, 3.8) is 0 Å². The minimum Gasteiger partial charge on any atom is -0.466 e. The molecule has 0 aliphatic heterocycles. The summed E-state index contributed by atoms with van der Waals surface area (Å²) in [4.78, 5) is 23.1. The van der Waals surface area contributed by atoms with Crippen molar-refractivity contribution in [1.82, 2.24) is 4.57 Å². The van der Waals surface area contributed by atoms with E-state index in [2.05, 4.69) is 4.74 Å². The summed E-state index contributed by atoms with van der Waals surface area (Å²) in [6.07, 6.45) is 0.0783. The van der Waals surface area contributed by atoms with E-state index in [1.165, 1.54) is 18.6 Å². The number of esters is 1. The number of rotatable bonds is 2. The molecule has 2 aromatic rings. The molecular formula is C13H13NO4. The lowest BCUT2D eigenvalue weighted by atomic mass is 10.2. The van der Waals surface area contributed by atoms with Gasteiger partial charge in [-0.25, -0.2) is 9.59 Å². The van der Waals surface area contributed by atoms with Crippen LogP contribution in [0, 0.1) is 0 Å². The summed E-state index contributed by atoms with van der Waals surface area (Å²) in [6, 6.07) is 9.21. The average Bonchev–Trinajstić information content (AvgIpc) is 2.81. The van der Waals surface area contributed by atoms with E-state index in [-0.39, 0.29) is 0 Å². The highest BCUT2D eigenvalue weighted by Gasteiger charge is 2.19. The summed E-state index contributed by atoms with van der Waals surface area (Å²) >= 11 is 0. The molecule has 0 bridgehead atoms. The Kier molecular flexibility index (Phi) is 3.32. The zero-order valence-corrected chi connectivity index (χ0v) is 10.1. The highest BCUT2D eigenvalue weighted by Crippen LogP contribution is 2.15. The van der Waals surface area contributed by atoms with Crippen molar-refractivity contribution >= 4 is 23.0 Å². The Balaban J connectivity index is 2.21. The van der Waals surface area contributed by atoms with Gasteiger partial charge in [-0.15, -0.1) is 0 Å². The van der Waals surface area contributed by atoms with Crippen molar-refractivity contribution < 1.29 is 19.1 Å². The predicted octanol–water partition coefficient (Wildman–Crippen LogP) is 2.19. The third-order valence-electron chi connectivity index (χ3n) is 2.61. The molecule has 1 atom stereocenters. The monoisotopic (exact) mass is 247 g/mol. The molecule has 94 valence electrons. The zero-order valence-electron chi connectivity index (χ0n) is 10.1. The summed E-state index contributed by atoms with van der Waals surface area (Å²) in [6.45, 7) is 1.47. The van der Waals surface area contributed by atoms with Crippen LogP contribution < -0.4 is 0 Å². The van der Waals surface area contributed by atoms with E-state index in [0.29, 0.717) is 0 Å². The van der Waals surface area contributed by atoms with Crippen molar-refractivity contribution in [3.05, 3.63) is 36.5 Å². The quantitative estimate of drug-likeness (QED) is 0.763. The van der Waals surface area contributed by atoms with E-state index in [9.17, 15) is 9.59 Å². The number of carbonyl (C=O) groups excluding carboxylic acids is 2. The van der Waals surface area contributed by atoms with E-state index < -0.39 is 18.2 Å². The Labute approximate surface area is 104 Å². The normalized spacial score (nSPS) is 12.1. The molecule has 1 unspecified atom stereocenters. The van der Waals surface area contributed by atoms with Crippen LogP contribution in [0.4, 0.5) is 4.79 Å². The molecule has 0 amide bonds. The van der Waals surface area contributed by atoms with Crippen molar-refractivity contribution in [2.24, 2.45) is 0 Å². The Bertz CT molecular complexity index is 587. The van der Waals surface area contributed by atoms with E-state index in [1.54, 1.807) is 18.3 Å². The van der Waals surface area contributed by atoms with Crippen molar-refractivity contribution in [2.45, 2.75) is 13.0 Å². The molecule has 5 heteroatoms. The first kappa shape index (κ1) is 12.2. The zero-order chi connectivity index (χ0) is 13.1. The number of benzene rings is 1. The number of hydrogen-bond donors (Lipinski definition) is 0. The van der Waals surface area contributed by atoms with Gasteiger partial charge in [0, 0.05) is 11.6 Å². The molecule has 0 radical (unpaired) electrons. The standard InChI is InChI=1S/C13H13NO4/c1-9(12(15)17-2)18-13(16)14-8-7-10-5-3-4-6-11(10)14/h3-9H,1-2H3. The topological polar surface area (TPSA) is 57.5 Å². The molecule has 5 nitrogen and oxygen atoms in total. The molecule has 0 fully saturated rings. The maximum atomic E-state index is 11.9. The molecule has 0 spiro atoms. The van der Waals surface area contributed by atoms with Gasteiger partial charge in [0.1, 0.15) is 0 Å². The summed E-state index contributed by atoms with van der Waals surface area (Å²) < 4.78 is 10.9. The van der Waals surface area contributed by atoms with Gasteiger partial charge in [-0.05, 0) is 19.1 Å². The molecule has 0 saturated carbocycles. The second-order valence-electron chi connectivity index (χ2n) is 3.79. The molecule has 0 N–H and O–H groups in total. The van der Waals surface area contributed by atoms with E-state index in [1.807, 2.05) is 18.2 Å². The minimum atomic E-state index is -0.927. The van der Waals surface area contributed by atoms with Gasteiger partial charge >= 0.3 is 12.1 Å². The van der Waals surface area contributed by atoms with Crippen molar-refractivity contribution in [3.8, 4) is 0 Å². The molecule has 0 aliphatic rings. The number of hydrogen-bond acceptors (Lipinski definition) is 4. The van der Waals surface area contributed by atoms with E-state index in [4.69, 9.17) is 4.74 Å². The molecule has 1 heterocycles. The maximum Gasteiger partial charge on any atom is 0.419 e. The number of para-hydroxylation sites is 1. The van der Waals surface area contributed by atoms with Gasteiger partial charge in [-0.3, -0.25) is 4.57 Å². The summed E-state index contributed by atoms with van der Waals surface area (Å²) in [5, 5.41) is 0.931. The first-order chi connectivity index (χ1) is 8.63. The Hall–Kier alpha value is -2.30.